The van der Waals surface area contributed by atoms with E-state index in [0.29, 0.717) is 17.3 Å². The zero-order chi connectivity index (χ0) is 11.3. The van der Waals surface area contributed by atoms with Gasteiger partial charge in [-0.3, -0.25) is 9.78 Å². The van der Waals surface area contributed by atoms with Crippen molar-refractivity contribution in [1.82, 2.24) is 9.88 Å². The number of aromatic nitrogens is 1. The van der Waals surface area contributed by atoms with Crippen LogP contribution in [0.25, 0.3) is 0 Å². The molecule has 1 aromatic rings. The highest BCUT2D eigenvalue weighted by molar-refractivity contribution is 6.30. The van der Waals surface area contributed by atoms with Gasteiger partial charge < -0.3 is 4.90 Å². The van der Waals surface area contributed by atoms with Gasteiger partial charge >= 0.3 is 0 Å². The van der Waals surface area contributed by atoms with Gasteiger partial charge in [-0.1, -0.05) is 18.5 Å². The van der Waals surface area contributed by atoms with E-state index in [9.17, 15) is 4.79 Å². The Kier molecular flexibility index (Phi) is 4.56. The van der Waals surface area contributed by atoms with Gasteiger partial charge in [0.1, 0.15) is 5.69 Å². The predicted octanol–water partition coefficient (Wildman–Crippen LogP) is 2.61. The van der Waals surface area contributed by atoms with E-state index < -0.39 is 0 Å². The van der Waals surface area contributed by atoms with Crippen molar-refractivity contribution in [2.45, 2.75) is 20.3 Å². The highest BCUT2D eigenvalue weighted by Gasteiger charge is 2.14. The lowest BCUT2D eigenvalue weighted by Gasteiger charge is -2.19. The van der Waals surface area contributed by atoms with Crippen molar-refractivity contribution in [3.8, 4) is 0 Å². The predicted molar refractivity (Wildman–Crippen MR) is 61.1 cm³/mol. The second-order valence-corrected chi connectivity index (χ2v) is 3.68. The van der Waals surface area contributed by atoms with Gasteiger partial charge in [-0.15, -0.1) is 0 Å². The van der Waals surface area contributed by atoms with E-state index in [4.69, 9.17) is 11.6 Å². The number of carbonyl (C=O) groups excluding carboxylic acids is 1. The van der Waals surface area contributed by atoms with Crippen LogP contribution in [0.15, 0.2) is 18.3 Å². The summed E-state index contributed by atoms with van der Waals surface area (Å²) in [6, 6.07) is 3.26. The third kappa shape index (κ3) is 3.20. The number of amides is 1. The molecule has 0 fully saturated rings. The highest BCUT2D eigenvalue weighted by Crippen LogP contribution is 2.10. The second-order valence-electron chi connectivity index (χ2n) is 3.24. The average molecular weight is 227 g/mol. The van der Waals surface area contributed by atoms with Crippen LogP contribution in [0.5, 0.6) is 0 Å². The molecule has 82 valence electrons. The maximum Gasteiger partial charge on any atom is 0.272 e. The third-order valence-electron chi connectivity index (χ3n) is 2.10. The molecule has 0 aliphatic rings. The average Bonchev–Trinajstić information content (AvgIpc) is 2.25. The van der Waals surface area contributed by atoms with Crippen molar-refractivity contribution in [2.24, 2.45) is 0 Å². The summed E-state index contributed by atoms with van der Waals surface area (Å²) in [5.41, 5.74) is 0.415. The number of nitrogens with zero attached hydrogens (tertiary/aromatic N) is 2. The molecule has 0 N–H and O–H groups in total. The molecule has 15 heavy (non-hydrogen) atoms. The van der Waals surface area contributed by atoms with Gasteiger partial charge in [-0.2, -0.15) is 0 Å². The van der Waals surface area contributed by atoms with Crippen molar-refractivity contribution >= 4 is 17.5 Å². The molecular weight excluding hydrogens is 212 g/mol. The first-order valence-corrected chi connectivity index (χ1v) is 5.47. The smallest absolute Gasteiger partial charge is 0.272 e. The Morgan fingerprint density at radius 2 is 2.27 bits per heavy atom. The van der Waals surface area contributed by atoms with Crippen LogP contribution in [0.1, 0.15) is 30.8 Å². The first kappa shape index (κ1) is 12.0. The van der Waals surface area contributed by atoms with E-state index in [1.165, 1.54) is 0 Å². The lowest BCUT2D eigenvalue weighted by Crippen LogP contribution is -2.32. The summed E-state index contributed by atoms with van der Waals surface area (Å²) in [7, 11) is 0. The number of hydrogen-bond acceptors (Lipinski definition) is 2. The lowest BCUT2D eigenvalue weighted by molar-refractivity contribution is 0.0758. The Labute approximate surface area is 95.1 Å². The third-order valence-corrected chi connectivity index (χ3v) is 2.34. The lowest BCUT2D eigenvalue weighted by atomic mass is 10.3. The Bertz CT molecular complexity index is 341. The fourth-order valence-corrected chi connectivity index (χ4v) is 1.52. The zero-order valence-electron chi connectivity index (χ0n) is 9.03. The van der Waals surface area contributed by atoms with E-state index in [1.54, 1.807) is 23.2 Å². The van der Waals surface area contributed by atoms with Crippen LogP contribution in [0, 0.1) is 0 Å². The molecule has 0 radical (unpaired) electrons. The van der Waals surface area contributed by atoms with Crippen LogP contribution in [-0.4, -0.2) is 28.9 Å². The van der Waals surface area contributed by atoms with Crippen LogP contribution >= 0.6 is 11.6 Å². The van der Waals surface area contributed by atoms with Gasteiger partial charge in [-0.25, -0.2) is 0 Å². The van der Waals surface area contributed by atoms with Crippen LogP contribution in [0.4, 0.5) is 0 Å². The molecule has 0 atom stereocenters. The van der Waals surface area contributed by atoms with Crippen molar-refractivity contribution in [1.29, 1.82) is 0 Å². The first-order chi connectivity index (χ1) is 7.19. The molecule has 0 bridgehead atoms. The van der Waals surface area contributed by atoms with Crippen molar-refractivity contribution in [3.05, 3.63) is 29.0 Å². The van der Waals surface area contributed by atoms with E-state index in [2.05, 4.69) is 4.98 Å². The molecule has 1 rings (SSSR count). The molecule has 0 saturated carbocycles. The minimum absolute atomic E-state index is 0.0538. The molecule has 0 spiro atoms. The Morgan fingerprint density at radius 3 is 2.80 bits per heavy atom. The second kappa shape index (κ2) is 5.71. The summed E-state index contributed by atoms with van der Waals surface area (Å²) < 4.78 is 0. The minimum atomic E-state index is -0.0538. The van der Waals surface area contributed by atoms with Crippen LogP contribution < -0.4 is 0 Å². The topological polar surface area (TPSA) is 33.2 Å². The fourth-order valence-electron chi connectivity index (χ4n) is 1.36. The van der Waals surface area contributed by atoms with E-state index in [1.807, 2.05) is 13.8 Å². The molecule has 0 unspecified atom stereocenters. The maximum atomic E-state index is 11.9. The number of hydrogen-bond donors (Lipinski definition) is 0. The molecular formula is C11H15ClN2O. The summed E-state index contributed by atoms with van der Waals surface area (Å²) in [5.74, 6) is -0.0538. The molecule has 0 aliphatic carbocycles. The molecule has 1 amide bonds. The number of halogens is 1. The number of pyridine rings is 1. The first-order valence-electron chi connectivity index (χ1n) is 5.09. The number of carbonyl (C=O) groups is 1. The standard InChI is InChI=1S/C11H15ClN2O/c1-3-7-14(4-2)11(15)10-8-9(12)5-6-13-10/h5-6,8H,3-4,7H2,1-2H3. The highest BCUT2D eigenvalue weighted by atomic mass is 35.5. The molecule has 1 aromatic heterocycles. The summed E-state index contributed by atoms with van der Waals surface area (Å²) in [5, 5.41) is 0.543. The van der Waals surface area contributed by atoms with Gasteiger partial charge in [0.2, 0.25) is 0 Å². The van der Waals surface area contributed by atoms with Gasteiger partial charge in [0.15, 0.2) is 0 Å². The molecule has 1 heterocycles. The molecule has 0 aromatic carbocycles. The molecule has 0 saturated heterocycles. The van der Waals surface area contributed by atoms with Crippen LogP contribution in [0.2, 0.25) is 5.02 Å². The Morgan fingerprint density at radius 1 is 1.53 bits per heavy atom. The summed E-state index contributed by atoms with van der Waals surface area (Å²) in [6.45, 7) is 5.45. The van der Waals surface area contributed by atoms with Crippen molar-refractivity contribution in [2.75, 3.05) is 13.1 Å². The largest absolute Gasteiger partial charge is 0.338 e. The molecule has 4 heteroatoms. The zero-order valence-corrected chi connectivity index (χ0v) is 9.79. The van der Waals surface area contributed by atoms with Crippen molar-refractivity contribution < 1.29 is 4.79 Å². The quantitative estimate of drug-likeness (QED) is 0.791. The Balaban J connectivity index is 2.82. The van der Waals surface area contributed by atoms with Gasteiger partial charge in [0.25, 0.3) is 5.91 Å². The van der Waals surface area contributed by atoms with Gasteiger partial charge in [-0.05, 0) is 25.5 Å². The Hall–Kier alpha value is -1.09. The summed E-state index contributed by atoms with van der Waals surface area (Å²) in [6.07, 6.45) is 2.50. The maximum absolute atomic E-state index is 11.9. The van der Waals surface area contributed by atoms with E-state index in [-0.39, 0.29) is 5.91 Å². The van der Waals surface area contributed by atoms with E-state index in [0.717, 1.165) is 13.0 Å². The van der Waals surface area contributed by atoms with Gasteiger partial charge in [0, 0.05) is 24.3 Å². The van der Waals surface area contributed by atoms with E-state index >= 15 is 0 Å². The van der Waals surface area contributed by atoms with Crippen LogP contribution in [0.3, 0.4) is 0 Å². The number of rotatable bonds is 4. The summed E-state index contributed by atoms with van der Waals surface area (Å²) >= 11 is 5.80. The monoisotopic (exact) mass is 226 g/mol. The fraction of sp³-hybridized carbons (Fsp3) is 0.455. The SMILES string of the molecule is CCCN(CC)C(=O)c1cc(Cl)ccn1. The van der Waals surface area contributed by atoms with Gasteiger partial charge in [0.05, 0.1) is 0 Å². The molecule has 0 aliphatic heterocycles. The summed E-state index contributed by atoms with van der Waals surface area (Å²) in [4.78, 5) is 17.7. The van der Waals surface area contributed by atoms with Crippen molar-refractivity contribution in [3.63, 3.8) is 0 Å². The normalized spacial score (nSPS) is 10.1. The minimum Gasteiger partial charge on any atom is -0.338 e. The van der Waals surface area contributed by atoms with Crippen LogP contribution in [-0.2, 0) is 0 Å². The molecule has 3 nitrogen and oxygen atoms in total.